The third-order valence-electron chi connectivity index (χ3n) is 3.59. The van der Waals surface area contributed by atoms with Gasteiger partial charge in [-0.25, -0.2) is 0 Å². The van der Waals surface area contributed by atoms with Crippen molar-refractivity contribution in [1.29, 1.82) is 0 Å². The first-order valence-corrected chi connectivity index (χ1v) is 7.42. The molecule has 1 heterocycles. The maximum absolute atomic E-state index is 11.8. The van der Waals surface area contributed by atoms with Gasteiger partial charge in [0, 0.05) is 16.0 Å². The monoisotopic (exact) mass is 351 g/mol. The summed E-state index contributed by atoms with van der Waals surface area (Å²) in [6.07, 6.45) is 0. The van der Waals surface area contributed by atoms with Crippen molar-refractivity contribution in [2.75, 3.05) is 14.2 Å². The predicted octanol–water partition coefficient (Wildman–Crippen LogP) is 3.87. The second-order valence-electron chi connectivity index (χ2n) is 5.06. The summed E-state index contributed by atoms with van der Waals surface area (Å²) < 4.78 is 15.7. The van der Waals surface area contributed by atoms with E-state index < -0.39 is 5.91 Å². The SMILES string of the molecule is COc1ccc(-c2noc(-c3cc(C(=O)N=[N+]=[N-])ccc3OC)n2)cc1. The third kappa shape index (κ3) is 3.33. The number of nitrogens with zero attached hydrogens (tertiary/aromatic N) is 5. The normalized spacial score (nSPS) is 10.1. The number of hydrogen-bond acceptors (Lipinski definition) is 6. The Kier molecular flexibility index (Phi) is 4.82. The van der Waals surface area contributed by atoms with E-state index in [-0.39, 0.29) is 11.5 Å². The van der Waals surface area contributed by atoms with Crippen LogP contribution in [0.5, 0.6) is 11.5 Å². The van der Waals surface area contributed by atoms with E-state index in [9.17, 15) is 4.79 Å². The summed E-state index contributed by atoms with van der Waals surface area (Å²) in [6, 6.07) is 11.7. The molecule has 1 aromatic heterocycles. The van der Waals surface area contributed by atoms with E-state index in [0.29, 0.717) is 22.9 Å². The molecule has 0 saturated carbocycles. The molecule has 26 heavy (non-hydrogen) atoms. The molecule has 0 radical (unpaired) electrons. The molecule has 0 aliphatic heterocycles. The molecule has 0 fully saturated rings. The maximum Gasteiger partial charge on any atom is 0.262 e. The zero-order chi connectivity index (χ0) is 18.5. The van der Waals surface area contributed by atoms with Gasteiger partial charge in [-0.15, -0.1) is 0 Å². The van der Waals surface area contributed by atoms with Crippen molar-refractivity contribution in [2.24, 2.45) is 5.11 Å². The number of carbonyl (C=O) groups excluding carboxylic acids is 1. The van der Waals surface area contributed by atoms with Crippen molar-refractivity contribution in [3.05, 3.63) is 58.5 Å². The quantitative estimate of drug-likeness (QED) is 0.390. The fraction of sp³-hybridized carbons (Fsp3) is 0.118. The van der Waals surface area contributed by atoms with Crippen LogP contribution in [0.3, 0.4) is 0 Å². The van der Waals surface area contributed by atoms with Gasteiger partial charge in [-0.05, 0) is 53.1 Å². The lowest BCUT2D eigenvalue weighted by atomic mass is 10.1. The minimum Gasteiger partial charge on any atom is -0.497 e. The number of azide groups is 1. The number of amides is 1. The molecule has 2 aromatic carbocycles. The van der Waals surface area contributed by atoms with Gasteiger partial charge >= 0.3 is 0 Å². The van der Waals surface area contributed by atoms with Crippen molar-refractivity contribution in [3.63, 3.8) is 0 Å². The van der Waals surface area contributed by atoms with E-state index in [2.05, 4.69) is 20.2 Å². The molecule has 9 nitrogen and oxygen atoms in total. The van der Waals surface area contributed by atoms with Crippen molar-refractivity contribution in [2.45, 2.75) is 0 Å². The number of aromatic nitrogens is 2. The summed E-state index contributed by atoms with van der Waals surface area (Å²) in [5.74, 6) is 0.974. The fourth-order valence-corrected chi connectivity index (χ4v) is 2.30. The van der Waals surface area contributed by atoms with Gasteiger partial charge in [-0.2, -0.15) is 4.98 Å². The van der Waals surface area contributed by atoms with Gasteiger partial charge < -0.3 is 14.0 Å². The van der Waals surface area contributed by atoms with Gasteiger partial charge in [0.1, 0.15) is 11.5 Å². The number of rotatable bonds is 5. The van der Waals surface area contributed by atoms with Crippen LogP contribution in [0.2, 0.25) is 0 Å². The highest BCUT2D eigenvalue weighted by Crippen LogP contribution is 2.31. The Morgan fingerprint density at radius 3 is 2.58 bits per heavy atom. The summed E-state index contributed by atoms with van der Waals surface area (Å²) in [5, 5.41) is 7.03. The Morgan fingerprint density at radius 1 is 1.15 bits per heavy atom. The van der Waals surface area contributed by atoms with E-state index in [1.165, 1.54) is 19.2 Å². The van der Waals surface area contributed by atoms with Crippen LogP contribution in [0.15, 0.2) is 52.1 Å². The zero-order valence-electron chi connectivity index (χ0n) is 13.9. The van der Waals surface area contributed by atoms with E-state index in [1.807, 2.05) is 0 Å². The Morgan fingerprint density at radius 2 is 1.92 bits per heavy atom. The highest BCUT2D eigenvalue weighted by molar-refractivity contribution is 5.96. The first kappa shape index (κ1) is 17.0. The molecule has 3 rings (SSSR count). The summed E-state index contributed by atoms with van der Waals surface area (Å²) in [4.78, 5) is 18.6. The maximum atomic E-state index is 11.8. The van der Waals surface area contributed by atoms with Gasteiger partial charge in [-0.3, -0.25) is 4.79 Å². The molecule has 0 aliphatic carbocycles. The number of methoxy groups -OCH3 is 2. The molecule has 130 valence electrons. The molecule has 3 aromatic rings. The predicted molar refractivity (Wildman–Crippen MR) is 91.8 cm³/mol. The Balaban J connectivity index is 2.00. The molecule has 0 unspecified atom stereocenters. The van der Waals surface area contributed by atoms with Crippen molar-refractivity contribution < 1.29 is 18.8 Å². The van der Waals surface area contributed by atoms with Crippen LogP contribution in [0.4, 0.5) is 0 Å². The number of hydrogen-bond donors (Lipinski definition) is 0. The second kappa shape index (κ2) is 7.37. The standard InChI is InChI=1S/C17H13N5O4/c1-24-12-6-3-10(4-7-12)15-19-17(26-21-15)13-9-11(16(23)20-22-18)5-8-14(13)25-2/h3-9H,1-2H3. The number of carbonyl (C=O) groups is 1. The first-order valence-electron chi connectivity index (χ1n) is 7.42. The second-order valence-corrected chi connectivity index (χ2v) is 5.06. The molecular weight excluding hydrogens is 338 g/mol. The highest BCUT2D eigenvalue weighted by atomic mass is 16.5. The van der Waals surface area contributed by atoms with Crippen LogP contribution < -0.4 is 9.47 Å². The smallest absolute Gasteiger partial charge is 0.262 e. The summed E-state index contributed by atoms with van der Waals surface area (Å²) in [5.41, 5.74) is 9.75. The van der Waals surface area contributed by atoms with Gasteiger partial charge in [0.25, 0.3) is 5.89 Å². The van der Waals surface area contributed by atoms with Crippen LogP contribution in [0, 0.1) is 0 Å². The average molecular weight is 351 g/mol. The van der Waals surface area contributed by atoms with Crippen molar-refractivity contribution in [1.82, 2.24) is 10.1 Å². The van der Waals surface area contributed by atoms with Crippen LogP contribution in [-0.4, -0.2) is 30.3 Å². The van der Waals surface area contributed by atoms with Crippen LogP contribution in [0.25, 0.3) is 33.3 Å². The topological polar surface area (TPSA) is 123 Å². The lowest BCUT2D eigenvalue weighted by molar-refractivity contribution is 0.100. The first-order chi connectivity index (χ1) is 12.7. The molecular formula is C17H13N5O4. The third-order valence-corrected chi connectivity index (χ3v) is 3.59. The minimum atomic E-state index is -0.716. The van der Waals surface area contributed by atoms with Gasteiger partial charge in [0.2, 0.25) is 11.7 Å². The van der Waals surface area contributed by atoms with E-state index in [1.54, 1.807) is 37.4 Å². The molecule has 0 N–H and O–H groups in total. The molecule has 0 aliphatic rings. The largest absolute Gasteiger partial charge is 0.497 e. The molecule has 0 atom stereocenters. The Labute approximate surface area is 147 Å². The van der Waals surface area contributed by atoms with Gasteiger partial charge in [-0.1, -0.05) is 5.16 Å². The molecule has 9 heteroatoms. The van der Waals surface area contributed by atoms with Gasteiger partial charge in [0.15, 0.2) is 0 Å². The number of benzene rings is 2. The van der Waals surface area contributed by atoms with Crippen molar-refractivity contribution >= 4 is 5.91 Å². The molecule has 0 saturated heterocycles. The zero-order valence-corrected chi connectivity index (χ0v) is 13.9. The lowest BCUT2D eigenvalue weighted by Gasteiger charge is -2.06. The average Bonchev–Trinajstić information content (AvgIpc) is 3.17. The summed E-state index contributed by atoms with van der Waals surface area (Å²) in [7, 11) is 3.06. The Bertz CT molecular complexity index is 991. The lowest BCUT2D eigenvalue weighted by Crippen LogP contribution is -1.96. The molecule has 0 spiro atoms. The van der Waals surface area contributed by atoms with Crippen LogP contribution >= 0.6 is 0 Å². The van der Waals surface area contributed by atoms with Crippen LogP contribution in [0.1, 0.15) is 10.4 Å². The summed E-state index contributed by atoms with van der Waals surface area (Å²) >= 11 is 0. The Hall–Kier alpha value is -3.84. The molecule has 1 amide bonds. The summed E-state index contributed by atoms with van der Waals surface area (Å²) in [6.45, 7) is 0. The van der Waals surface area contributed by atoms with Crippen LogP contribution in [-0.2, 0) is 0 Å². The fourth-order valence-electron chi connectivity index (χ4n) is 2.30. The highest BCUT2D eigenvalue weighted by Gasteiger charge is 2.17. The van der Waals surface area contributed by atoms with E-state index in [4.69, 9.17) is 19.5 Å². The number of ether oxygens (including phenoxy) is 2. The van der Waals surface area contributed by atoms with Gasteiger partial charge in [0.05, 0.1) is 19.8 Å². The van der Waals surface area contributed by atoms with E-state index >= 15 is 0 Å². The minimum absolute atomic E-state index is 0.170. The molecule has 0 bridgehead atoms. The van der Waals surface area contributed by atoms with Crippen molar-refractivity contribution in [3.8, 4) is 34.3 Å². The van der Waals surface area contributed by atoms with E-state index in [0.717, 1.165) is 5.56 Å².